The van der Waals surface area contributed by atoms with Crippen LogP contribution < -0.4 is 5.32 Å². The molecule has 1 aliphatic carbocycles. The van der Waals surface area contributed by atoms with E-state index in [1.807, 2.05) is 12.1 Å². The van der Waals surface area contributed by atoms with Gasteiger partial charge in [0.25, 0.3) is 0 Å². The third kappa shape index (κ3) is 2.74. The van der Waals surface area contributed by atoms with Crippen molar-refractivity contribution in [3.05, 3.63) is 69.7 Å². The Morgan fingerprint density at radius 2 is 1.90 bits per heavy atom. The fourth-order valence-corrected chi connectivity index (χ4v) is 3.17. The van der Waals surface area contributed by atoms with Crippen molar-refractivity contribution in [3.63, 3.8) is 0 Å². The summed E-state index contributed by atoms with van der Waals surface area (Å²) in [7, 11) is 0. The summed E-state index contributed by atoms with van der Waals surface area (Å²) in [6, 6.07) is 15.7. The first-order chi connectivity index (χ1) is 9.63. The number of benzene rings is 2. The second kappa shape index (κ2) is 5.59. The standard InChI is InChI=1S/C18H20ClN/c1-12-3-4-15-7-10-18(17(15)11-12)20-13(2)14-5-8-16(19)9-6-14/h3-6,8-9,11,13,18,20H,7,10H2,1-2H3. The Morgan fingerprint density at radius 1 is 1.15 bits per heavy atom. The average Bonchev–Trinajstić information content (AvgIpc) is 2.82. The lowest BCUT2D eigenvalue weighted by atomic mass is 10.0. The van der Waals surface area contributed by atoms with Crippen molar-refractivity contribution in [1.29, 1.82) is 0 Å². The second-order valence-corrected chi connectivity index (χ2v) is 6.17. The van der Waals surface area contributed by atoms with Crippen molar-refractivity contribution in [2.75, 3.05) is 0 Å². The average molecular weight is 286 g/mol. The van der Waals surface area contributed by atoms with E-state index in [2.05, 4.69) is 49.5 Å². The molecular formula is C18H20ClN. The van der Waals surface area contributed by atoms with E-state index in [1.54, 1.807) is 0 Å². The van der Waals surface area contributed by atoms with Crippen LogP contribution in [0.2, 0.25) is 5.02 Å². The lowest BCUT2D eigenvalue weighted by Crippen LogP contribution is -2.23. The zero-order valence-electron chi connectivity index (χ0n) is 12.0. The zero-order valence-corrected chi connectivity index (χ0v) is 12.7. The van der Waals surface area contributed by atoms with Gasteiger partial charge in [-0.1, -0.05) is 47.5 Å². The van der Waals surface area contributed by atoms with Crippen LogP contribution in [0.3, 0.4) is 0 Å². The molecule has 1 N–H and O–H groups in total. The minimum Gasteiger partial charge on any atom is -0.303 e. The maximum atomic E-state index is 5.95. The highest BCUT2D eigenvalue weighted by Gasteiger charge is 2.23. The maximum Gasteiger partial charge on any atom is 0.0406 e. The zero-order chi connectivity index (χ0) is 14.1. The molecule has 2 unspecified atom stereocenters. The largest absolute Gasteiger partial charge is 0.303 e. The number of aryl methyl sites for hydroxylation is 2. The molecule has 2 heteroatoms. The van der Waals surface area contributed by atoms with Crippen LogP contribution in [0, 0.1) is 6.92 Å². The molecule has 0 heterocycles. The van der Waals surface area contributed by atoms with E-state index in [0.717, 1.165) is 5.02 Å². The smallest absolute Gasteiger partial charge is 0.0406 e. The Kier molecular flexibility index (Phi) is 3.82. The molecule has 2 atom stereocenters. The van der Waals surface area contributed by atoms with Gasteiger partial charge in [0.15, 0.2) is 0 Å². The number of fused-ring (bicyclic) bond motifs is 1. The van der Waals surface area contributed by atoms with E-state index in [1.165, 1.54) is 35.1 Å². The van der Waals surface area contributed by atoms with Gasteiger partial charge in [-0.3, -0.25) is 0 Å². The van der Waals surface area contributed by atoms with Crippen LogP contribution in [0.5, 0.6) is 0 Å². The van der Waals surface area contributed by atoms with Crippen molar-refractivity contribution in [2.24, 2.45) is 0 Å². The third-order valence-corrected chi connectivity index (χ3v) is 4.45. The highest BCUT2D eigenvalue weighted by Crippen LogP contribution is 2.33. The Labute approximate surface area is 126 Å². The van der Waals surface area contributed by atoms with E-state index in [-0.39, 0.29) is 0 Å². The molecule has 0 aromatic heterocycles. The summed E-state index contributed by atoms with van der Waals surface area (Å²) in [5, 5.41) is 4.55. The summed E-state index contributed by atoms with van der Waals surface area (Å²) in [5.41, 5.74) is 5.61. The summed E-state index contributed by atoms with van der Waals surface area (Å²) in [4.78, 5) is 0. The van der Waals surface area contributed by atoms with Gasteiger partial charge in [-0.25, -0.2) is 0 Å². The summed E-state index contributed by atoms with van der Waals surface area (Å²) in [5.74, 6) is 0. The number of halogens is 1. The monoisotopic (exact) mass is 285 g/mol. The van der Waals surface area contributed by atoms with Crippen molar-refractivity contribution >= 4 is 11.6 Å². The van der Waals surface area contributed by atoms with Crippen molar-refractivity contribution in [3.8, 4) is 0 Å². The maximum absolute atomic E-state index is 5.95. The van der Waals surface area contributed by atoms with Crippen LogP contribution in [0.1, 0.15) is 47.7 Å². The van der Waals surface area contributed by atoms with E-state index in [9.17, 15) is 0 Å². The van der Waals surface area contributed by atoms with Gasteiger partial charge in [0, 0.05) is 17.1 Å². The lowest BCUT2D eigenvalue weighted by Gasteiger charge is -2.21. The topological polar surface area (TPSA) is 12.0 Å². The molecule has 104 valence electrons. The van der Waals surface area contributed by atoms with Crippen molar-refractivity contribution < 1.29 is 0 Å². The van der Waals surface area contributed by atoms with Crippen LogP contribution in [-0.4, -0.2) is 0 Å². The quantitative estimate of drug-likeness (QED) is 0.838. The van der Waals surface area contributed by atoms with Crippen molar-refractivity contribution in [1.82, 2.24) is 5.32 Å². The van der Waals surface area contributed by atoms with Crippen LogP contribution in [0.25, 0.3) is 0 Å². The number of rotatable bonds is 3. The minimum absolute atomic E-state index is 0.337. The Hall–Kier alpha value is -1.31. The molecule has 2 aromatic carbocycles. The predicted octanol–water partition coefficient (Wildman–Crippen LogP) is 4.99. The Morgan fingerprint density at radius 3 is 2.65 bits per heavy atom. The molecule has 0 fully saturated rings. The summed E-state index contributed by atoms with van der Waals surface area (Å²) in [6.07, 6.45) is 2.37. The molecule has 0 saturated heterocycles. The van der Waals surface area contributed by atoms with Gasteiger partial charge < -0.3 is 5.32 Å². The van der Waals surface area contributed by atoms with E-state index in [0.29, 0.717) is 12.1 Å². The fraction of sp³-hybridized carbons (Fsp3) is 0.333. The first kappa shape index (κ1) is 13.7. The highest BCUT2D eigenvalue weighted by molar-refractivity contribution is 6.30. The third-order valence-electron chi connectivity index (χ3n) is 4.20. The Balaban J connectivity index is 1.76. The number of nitrogens with one attached hydrogen (secondary N) is 1. The summed E-state index contributed by atoms with van der Waals surface area (Å²) >= 11 is 5.95. The molecule has 1 nitrogen and oxygen atoms in total. The van der Waals surface area contributed by atoms with Gasteiger partial charge in [0.05, 0.1) is 0 Å². The van der Waals surface area contributed by atoms with Gasteiger partial charge in [-0.2, -0.15) is 0 Å². The minimum atomic E-state index is 0.337. The fourth-order valence-electron chi connectivity index (χ4n) is 3.04. The normalized spacial score (nSPS) is 18.9. The van der Waals surface area contributed by atoms with Crippen molar-refractivity contribution in [2.45, 2.75) is 38.8 Å². The Bertz CT molecular complexity index is 603. The molecule has 0 spiro atoms. The SMILES string of the molecule is Cc1ccc2c(c1)C(NC(C)c1ccc(Cl)cc1)CC2. The van der Waals surface area contributed by atoms with E-state index < -0.39 is 0 Å². The molecule has 0 saturated carbocycles. The summed E-state index contributed by atoms with van der Waals surface area (Å²) < 4.78 is 0. The first-order valence-electron chi connectivity index (χ1n) is 7.24. The van der Waals surface area contributed by atoms with Gasteiger partial charge >= 0.3 is 0 Å². The molecule has 20 heavy (non-hydrogen) atoms. The molecule has 0 bridgehead atoms. The van der Waals surface area contributed by atoms with E-state index in [4.69, 9.17) is 11.6 Å². The lowest BCUT2D eigenvalue weighted by molar-refractivity contribution is 0.465. The number of hydrogen-bond acceptors (Lipinski definition) is 1. The van der Waals surface area contributed by atoms with Gasteiger partial charge in [-0.05, 0) is 55.5 Å². The first-order valence-corrected chi connectivity index (χ1v) is 7.62. The molecule has 2 aromatic rings. The van der Waals surface area contributed by atoms with Gasteiger partial charge in [0.1, 0.15) is 0 Å². The predicted molar refractivity (Wildman–Crippen MR) is 85.2 cm³/mol. The molecule has 0 aliphatic heterocycles. The summed E-state index contributed by atoms with van der Waals surface area (Å²) in [6.45, 7) is 4.38. The second-order valence-electron chi connectivity index (χ2n) is 5.73. The van der Waals surface area contributed by atoms with Gasteiger partial charge in [0.2, 0.25) is 0 Å². The molecule has 0 radical (unpaired) electrons. The van der Waals surface area contributed by atoms with Crippen LogP contribution in [0.15, 0.2) is 42.5 Å². The number of hydrogen-bond donors (Lipinski definition) is 1. The van der Waals surface area contributed by atoms with Crippen LogP contribution >= 0.6 is 11.6 Å². The molecule has 3 rings (SSSR count). The molecule has 0 amide bonds. The van der Waals surface area contributed by atoms with Crippen LogP contribution in [-0.2, 0) is 6.42 Å². The molecular weight excluding hydrogens is 266 g/mol. The van der Waals surface area contributed by atoms with E-state index >= 15 is 0 Å². The highest BCUT2D eigenvalue weighted by atomic mass is 35.5. The van der Waals surface area contributed by atoms with Crippen LogP contribution in [0.4, 0.5) is 0 Å². The molecule has 1 aliphatic rings. The van der Waals surface area contributed by atoms with Gasteiger partial charge in [-0.15, -0.1) is 0 Å².